The minimum atomic E-state index is 0.0889. The highest BCUT2D eigenvalue weighted by molar-refractivity contribution is 5.81. The van der Waals surface area contributed by atoms with E-state index in [1.165, 1.54) is 16.5 Å². The molecule has 1 aromatic heterocycles. The van der Waals surface area contributed by atoms with Gasteiger partial charge in [0.25, 0.3) is 0 Å². The van der Waals surface area contributed by atoms with Crippen molar-refractivity contribution in [1.29, 1.82) is 0 Å². The highest BCUT2D eigenvalue weighted by atomic mass is 15.3. The van der Waals surface area contributed by atoms with Crippen LogP contribution in [-0.2, 0) is 19.9 Å². The Labute approximate surface area is 125 Å². The highest BCUT2D eigenvalue weighted by Crippen LogP contribution is 2.19. The Morgan fingerprint density at radius 2 is 1.76 bits per heavy atom. The van der Waals surface area contributed by atoms with Crippen molar-refractivity contribution in [3.8, 4) is 0 Å². The quantitative estimate of drug-likeness (QED) is 0.798. The van der Waals surface area contributed by atoms with Gasteiger partial charge in [0.2, 0.25) is 0 Å². The lowest BCUT2D eigenvalue weighted by Gasteiger charge is -2.10. The van der Waals surface area contributed by atoms with Gasteiger partial charge in [-0.1, -0.05) is 48.0 Å². The number of fused-ring (bicyclic) bond motifs is 1. The molecule has 21 heavy (non-hydrogen) atoms. The number of nitrogens with zero attached hydrogens (tertiary/aromatic N) is 2. The van der Waals surface area contributed by atoms with Crippen molar-refractivity contribution in [2.75, 3.05) is 0 Å². The van der Waals surface area contributed by atoms with E-state index in [-0.39, 0.29) is 6.04 Å². The predicted octanol–water partition coefficient (Wildman–Crippen LogP) is 2.99. The summed E-state index contributed by atoms with van der Waals surface area (Å²) in [6.45, 7) is 2.10. The molecule has 0 spiro atoms. The van der Waals surface area contributed by atoms with Gasteiger partial charge in [-0.15, -0.1) is 0 Å². The SMILES string of the molecule is Cc1ccc(CC(N)Cc2nn(C)c3ccccc23)cc1. The topological polar surface area (TPSA) is 43.8 Å². The van der Waals surface area contributed by atoms with E-state index in [9.17, 15) is 0 Å². The molecule has 3 nitrogen and oxygen atoms in total. The second-order valence-corrected chi connectivity index (χ2v) is 5.74. The minimum absolute atomic E-state index is 0.0889. The Bertz CT molecular complexity index is 741. The van der Waals surface area contributed by atoms with Crippen molar-refractivity contribution in [2.24, 2.45) is 12.8 Å². The molecule has 0 aliphatic heterocycles. The Morgan fingerprint density at radius 1 is 1.05 bits per heavy atom. The van der Waals surface area contributed by atoms with Crippen LogP contribution in [0.15, 0.2) is 48.5 Å². The highest BCUT2D eigenvalue weighted by Gasteiger charge is 2.12. The van der Waals surface area contributed by atoms with Crippen LogP contribution in [0.3, 0.4) is 0 Å². The first-order valence-electron chi connectivity index (χ1n) is 7.35. The number of benzene rings is 2. The summed E-state index contributed by atoms with van der Waals surface area (Å²) in [4.78, 5) is 0. The molecular weight excluding hydrogens is 258 g/mol. The van der Waals surface area contributed by atoms with Gasteiger partial charge in [-0.05, 0) is 25.0 Å². The fourth-order valence-electron chi connectivity index (χ4n) is 2.79. The van der Waals surface area contributed by atoms with E-state index in [2.05, 4.69) is 54.5 Å². The molecule has 0 fully saturated rings. The molecule has 2 N–H and O–H groups in total. The van der Waals surface area contributed by atoms with Crippen LogP contribution in [0.1, 0.15) is 16.8 Å². The van der Waals surface area contributed by atoms with E-state index in [1.807, 2.05) is 17.8 Å². The van der Waals surface area contributed by atoms with Gasteiger partial charge in [0.1, 0.15) is 0 Å². The van der Waals surface area contributed by atoms with Gasteiger partial charge in [0.15, 0.2) is 0 Å². The van der Waals surface area contributed by atoms with E-state index in [0.717, 1.165) is 24.1 Å². The van der Waals surface area contributed by atoms with Crippen LogP contribution in [0.25, 0.3) is 10.9 Å². The second-order valence-electron chi connectivity index (χ2n) is 5.74. The molecule has 1 heterocycles. The van der Waals surface area contributed by atoms with Gasteiger partial charge in [-0.3, -0.25) is 4.68 Å². The zero-order valence-corrected chi connectivity index (χ0v) is 12.6. The smallest absolute Gasteiger partial charge is 0.0718 e. The van der Waals surface area contributed by atoms with Crippen LogP contribution in [0.4, 0.5) is 0 Å². The van der Waals surface area contributed by atoms with E-state index in [4.69, 9.17) is 5.73 Å². The molecule has 0 aliphatic carbocycles. The molecular formula is C18H21N3. The number of hydrogen-bond acceptors (Lipinski definition) is 2. The molecule has 3 rings (SSSR count). The molecule has 1 atom stereocenters. The minimum Gasteiger partial charge on any atom is -0.327 e. The largest absolute Gasteiger partial charge is 0.327 e. The maximum absolute atomic E-state index is 6.33. The molecule has 0 bridgehead atoms. The Morgan fingerprint density at radius 3 is 2.52 bits per heavy atom. The third kappa shape index (κ3) is 2.98. The van der Waals surface area contributed by atoms with Crippen molar-refractivity contribution < 1.29 is 0 Å². The summed E-state index contributed by atoms with van der Waals surface area (Å²) in [5.74, 6) is 0. The van der Waals surface area contributed by atoms with Crippen LogP contribution in [0.2, 0.25) is 0 Å². The van der Waals surface area contributed by atoms with E-state index < -0.39 is 0 Å². The fourth-order valence-corrected chi connectivity index (χ4v) is 2.79. The molecule has 0 radical (unpaired) electrons. The predicted molar refractivity (Wildman–Crippen MR) is 87.3 cm³/mol. The number of rotatable bonds is 4. The maximum Gasteiger partial charge on any atom is 0.0718 e. The number of hydrogen-bond donors (Lipinski definition) is 1. The van der Waals surface area contributed by atoms with Gasteiger partial charge in [0.05, 0.1) is 11.2 Å². The number of aromatic nitrogens is 2. The normalized spacial score (nSPS) is 12.7. The van der Waals surface area contributed by atoms with Crippen molar-refractivity contribution in [1.82, 2.24) is 9.78 Å². The molecule has 0 saturated carbocycles. The van der Waals surface area contributed by atoms with Crippen LogP contribution < -0.4 is 5.73 Å². The first kappa shape index (κ1) is 13.8. The Kier molecular flexibility index (Phi) is 3.76. The summed E-state index contributed by atoms with van der Waals surface area (Å²) in [5, 5.41) is 5.83. The lowest BCUT2D eigenvalue weighted by Crippen LogP contribution is -2.25. The monoisotopic (exact) mass is 279 g/mol. The molecule has 3 aromatic rings. The van der Waals surface area contributed by atoms with Crippen molar-refractivity contribution in [2.45, 2.75) is 25.8 Å². The van der Waals surface area contributed by atoms with E-state index in [1.54, 1.807) is 0 Å². The maximum atomic E-state index is 6.33. The van der Waals surface area contributed by atoms with E-state index >= 15 is 0 Å². The molecule has 0 amide bonds. The average Bonchev–Trinajstić information content (AvgIpc) is 2.78. The first-order valence-corrected chi connectivity index (χ1v) is 7.35. The molecule has 1 unspecified atom stereocenters. The molecule has 0 aliphatic rings. The average molecular weight is 279 g/mol. The zero-order valence-electron chi connectivity index (χ0n) is 12.6. The summed E-state index contributed by atoms with van der Waals surface area (Å²) in [6, 6.07) is 17.0. The zero-order chi connectivity index (χ0) is 14.8. The summed E-state index contributed by atoms with van der Waals surface area (Å²) < 4.78 is 1.93. The third-order valence-electron chi connectivity index (χ3n) is 3.91. The van der Waals surface area contributed by atoms with Crippen LogP contribution in [0.5, 0.6) is 0 Å². The second kappa shape index (κ2) is 5.70. The number of aryl methyl sites for hydroxylation is 2. The lowest BCUT2D eigenvalue weighted by molar-refractivity contribution is 0.642. The van der Waals surface area contributed by atoms with Gasteiger partial charge in [0, 0.05) is 24.9 Å². The molecule has 3 heteroatoms. The molecule has 2 aromatic carbocycles. The Hall–Kier alpha value is -2.13. The summed E-state index contributed by atoms with van der Waals surface area (Å²) in [5.41, 5.74) is 11.1. The summed E-state index contributed by atoms with van der Waals surface area (Å²) in [7, 11) is 1.98. The lowest BCUT2D eigenvalue weighted by atomic mass is 10.0. The van der Waals surface area contributed by atoms with Crippen molar-refractivity contribution in [3.63, 3.8) is 0 Å². The van der Waals surface area contributed by atoms with Gasteiger partial charge in [-0.2, -0.15) is 5.10 Å². The van der Waals surface area contributed by atoms with Gasteiger partial charge < -0.3 is 5.73 Å². The summed E-state index contributed by atoms with van der Waals surface area (Å²) in [6.07, 6.45) is 1.68. The standard InChI is InChI=1S/C18H21N3/c1-13-7-9-14(10-8-13)11-15(19)12-17-16-5-3-4-6-18(16)21(2)20-17/h3-10,15H,11-12,19H2,1-2H3. The van der Waals surface area contributed by atoms with Gasteiger partial charge >= 0.3 is 0 Å². The third-order valence-corrected chi connectivity index (χ3v) is 3.91. The van der Waals surface area contributed by atoms with Crippen molar-refractivity contribution in [3.05, 3.63) is 65.4 Å². The van der Waals surface area contributed by atoms with Crippen LogP contribution in [0, 0.1) is 6.92 Å². The molecule has 0 saturated heterocycles. The van der Waals surface area contributed by atoms with Crippen LogP contribution in [-0.4, -0.2) is 15.8 Å². The number of para-hydroxylation sites is 1. The summed E-state index contributed by atoms with van der Waals surface area (Å²) >= 11 is 0. The first-order chi connectivity index (χ1) is 10.1. The van der Waals surface area contributed by atoms with Gasteiger partial charge in [-0.25, -0.2) is 0 Å². The van der Waals surface area contributed by atoms with E-state index in [0.29, 0.717) is 0 Å². The van der Waals surface area contributed by atoms with Crippen LogP contribution >= 0.6 is 0 Å². The molecule has 108 valence electrons. The fraction of sp³-hybridized carbons (Fsp3) is 0.278. The number of nitrogens with two attached hydrogens (primary N) is 1. The Balaban J connectivity index is 1.77. The van der Waals surface area contributed by atoms with Crippen molar-refractivity contribution >= 4 is 10.9 Å².